The summed E-state index contributed by atoms with van der Waals surface area (Å²) in [5.41, 5.74) is 7.85. The van der Waals surface area contributed by atoms with Crippen LogP contribution in [0.15, 0.2) is 24.4 Å². The fraction of sp³-hybridized carbons (Fsp3) is 0.636. The van der Waals surface area contributed by atoms with Crippen LogP contribution in [0.2, 0.25) is 41.3 Å². The molecule has 2 aromatic rings. The van der Waals surface area contributed by atoms with E-state index in [0.717, 1.165) is 5.69 Å². The zero-order valence-corrected chi connectivity index (χ0v) is 23.5. The maximum Gasteiger partial charge on any atom is 0.193 e. The zero-order valence-electron chi connectivity index (χ0n) is 20.7. The first-order valence-corrected chi connectivity index (χ1v) is 16.9. The topological polar surface area (TPSA) is 75.2 Å². The smallest absolute Gasteiger partial charge is 0.193 e. The van der Waals surface area contributed by atoms with Crippen LogP contribution in [0.3, 0.4) is 0 Å². The third-order valence-corrected chi connectivity index (χ3v) is 16.0. The fourth-order valence-electron chi connectivity index (χ4n) is 2.44. The summed E-state index contributed by atoms with van der Waals surface area (Å²) in [5.74, 6) is 0. The molecule has 0 spiro atoms. The van der Waals surface area contributed by atoms with Gasteiger partial charge in [-0.15, -0.1) is 4.80 Å². The lowest BCUT2D eigenvalue weighted by atomic mass is 10.2. The van der Waals surface area contributed by atoms with Crippen molar-refractivity contribution in [2.45, 2.75) is 83.9 Å². The van der Waals surface area contributed by atoms with Gasteiger partial charge in [-0.05, 0) is 54.5 Å². The Labute approximate surface area is 194 Å². The van der Waals surface area contributed by atoms with E-state index in [-0.39, 0.29) is 16.2 Å². The van der Waals surface area contributed by atoms with Gasteiger partial charge in [-0.3, -0.25) is 0 Å². The van der Waals surface area contributed by atoms with Crippen LogP contribution in [0.5, 0.6) is 0 Å². The van der Waals surface area contributed by atoms with Crippen LogP contribution in [0, 0.1) is 0 Å². The van der Waals surface area contributed by atoms with Crippen molar-refractivity contribution >= 4 is 33.9 Å². The molecule has 0 bridgehead atoms. The molecule has 1 unspecified atom stereocenters. The van der Waals surface area contributed by atoms with E-state index >= 15 is 0 Å². The van der Waals surface area contributed by atoms with Gasteiger partial charge in [0.1, 0.15) is 17.5 Å². The fourth-order valence-corrected chi connectivity index (χ4v) is 4.96. The quantitative estimate of drug-likeness (QED) is 0.356. The summed E-state index contributed by atoms with van der Waals surface area (Å²) >= 11 is 6.37. The average molecular weight is 483 g/mol. The summed E-state index contributed by atoms with van der Waals surface area (Å²) < 4.78 is 13.3. The van der Waals surface area contributed by atoms with Crippen LogP contribution < -0.4 is 5.73 Å². The second-order valence-corrected chi connectivity index (χ2v) is 21.2. The molecule has 2 N–H and O–H groups in total. The second-order valence-electron chi connectivity index (χ2n) is 11.2. The molecule has 0 radical (unpaired) electrons. The Morgan fingerprint density at radius 1 is 1.03 bits per heavy atom. The Balaban J connectivity index is 2.37. The standard InChI is InChI=1S/C22H39ClN4O2Si2/c1-21(2,3)30(7,8)28-15-20(29-31(9,10)22(4,5)6)18-14-25-27(26-18)19-12-11-16(24)13-17(19)23/h11-14,20H,15,24H2,1-10H3. The first kappa shape index (κ1) is 26.1. The average Bonchev–Trinajstić information content (AvgIpc) is 3.06. The first-order chi connectivity index (χ1) is 13.9. The van der Waals surface area contributed by atoms with E-state index in [9.17, 15) is 0 Å². The lowest BCUT2D eigenvalue weighted by molar-refractivity contribution is 0.104. The third-order valence-electron chi connectivity index (χ3n) is 6.67. The Hall–Kier alpha value is -1.20. The second kappa shape index (κ2) is 8.98. The number of rotatable bonds is 7. The Bertz CT molecular complexity index is 902. The SMILES string of the molecule is CC(C)(C)[Si](C)(C)OCC(O[Si](C)(C)C(C)(C)C)c1cnn(-c2ccc(N)cc2Cl)n1. The molecular formula is C22H39ClN4O2Si2. The minimum Gasteiger partial charge on any atom is -0.414 e. The highest BCUT2D eigenvalue weighted by atomic mass is 35.5. The number of benzene rings is 1. The normalized spacial score (nSPS) is 14.7. The number of halogens is 1. The summed E-state index contributed by atoms with van der Waals surface area (Å²) in [6, 6.07) is 5.30. The lowest BCUT2D eigenvalue weighted by Gasteiger charge is -2.41. The summed E-state index contributed by atoms with van der Waals surface area (Å²) in [5, 5.41) is 9.85. The number of nitrogens with two attached hydrogens (primary N) is 1. The highest BCUT2D eigenvalue weighted by Gasteiger charge is 2.42. The van der Waals surface area contributed by atoms with Crippen LogP contribution in [0.4, 0.5) is 5.69 Å². The molecule has 1 atom stereocenters. The summed E-state index contributed by atoms with van der Waals surface area (Å²) in [4.78, 5) is 1.53. The van der Waals surface area contributed by atoms with E-state index in [1.807, 2.05) is 6.07 Å². The van der Waals surface area contributed by atoms with Crippen molar-refractivity contribution < 1.29 is 8.85 Å². The third kappa shape index (κ3) is 6.19. The van der Waals surface area contributed by atoms with Gasteiger partial charge in [0.2, 0.25) is 0 Å². The van der Waals surface area contributed by atoms with Gasteiger partial charge < -0.3 is 14.6 Å². The molecular weight excluding hydrogens is 444 g/mol. The number of hydrogen-bond donors (Lipinski definition) is 1. The first-order valence-electron chi connectivity index (χ1n) is 10.7. The number of nitrogen functional groups attached to an aromatic ring is 1. The van der Waals surface area contributed by atoms with Crippen molar-refractivity contribution in [3.63, 3.8) is 0 Å². The summed E-state index contributed by atoms with van der Waals surface area (Å²) in [6.07, 6.45) is 1.45. The molecule has 31 heavy (non-hydrogen) atoms. The van der Waals surface area contributed by atoms with E-state index in [1.54, 1.807) is 18.3 Å². The molecule has 1 heterocycles. The summed E-state index contributed by atoms with van der Waals surface area (Å²) in [6.45, 7) is 22.9. The van der Waals surface area contributed by atoms with Gasteiger partial charge in [0.15, 0.2) is 16.6 Å². The molecule has 1 aromatic carbocycles. The van der Waals surface area contributed by atoms with Crippen LogP contribution in [0.25, 0.3) is 5.69 Å². The Morgan fingerprint density at radius 3 is 2.13 bits per heavy atom. The van der Waals surface area contributed by atoms with Crippen molar-refractivity contribution in [2.24, 2.45) is 0 Å². The highest BCUT2D eigenvalue weighted by Crippen LogP contribution is 2.41. The van der Waals surface area contributed by atoms with E-state index in [1.165, 1.54) is 4.80 Å². The lowest BCUT2D eigenvalue weighted by Crippen LogP contribution is -2.45. The molecule has 0 amide bonds. The number of nitrogens with zero attached hydrogens (tertiary/aromatic N) is 3. The Kier molecular flexibility index (Phi) is 7.55. The minimum absolute atomic E-state index is 0.0679. The van der Waals surface area contributed by atoms with Crippen molar-refractivity contribution in [1.82, 2.24) is 15.0 Å². The molecule has 0 aliphatic heterocycles. The molecule has 0 saturated heterocycles. The zero-order chi connectivity index (χ0) is 23.8. The molecule has 174 valence electrons. The molecule has 6 nitrogen and oxygen atoms in total. The van der Waals surface area contributed by atoms with Crippen molar-refractivity contribution in [3.8, 4) is 5.69 Å². The molecule has 0 fully saturated rings. The van der Waals surface area contributed by atoms with E-state index in [4.69, 9.17) is 31.3 Å². The van der Waals surface area contributed by atoms with Gasteiger partial charge in [-0.25, -0.2) is 0 Å². The predicted molar refractivity (Wildman–Crippen MR) is 135 cm³/mol. The largest absolute Gasteiger partial charge is 0.414 e. The Morgan fingerprint density at radius 2 is 1.61 bits per heavy atom. The van der Waals surface area contributed by atoms with Crippen LogP contribution in [-0.2, 0) is 8.85 Å². The molecule has 1 aromatic heterocycles. The van der Waals surface area contributed by atoms with Crippen molar-refractivity contribution in [2.75, 3.05) is 12.3 Å². The van der Waals surface area contributed by atoms with Gasteiger partial charge >= 0.3 is 0 Å². The van der Waals surface area contributed by atoms with Gasteiger partial charge in [0.25, 0.3) is 0 Å². The number of aromatic nitrogens is 3. The number of hydrogen-bond acceptors (Lipinski definition) is 5. The molecule has 9 heteroatoms. The van der Waals surface area contributed by atoms with E-state index in [2.05, 4.69) is 72.8 Å². The monoisotopic (exact) mass is 482 g/mol. The molecule has 0 saturated carbocycles. The van der Waals surface area contributed by atoms with Crippen LogP contribution >= 0.6 is 11.6 Å². The molecule has 0 aliphatic carbocycles. The minimum atomic E-state index is -2.07. The van der Waals surface area contributed by atoms with Crippen molar-refractivity contribution in [1.29, 1.82) is 0 Å². The molecule has 2 rings (SSSR count). The maximum atomic E-state index is 6.76. The van der Waals surface area contributed by atoms with E-state index < -0.39 is 16.6 Å². The van der Waals surface area contributed by atoms with Gasteiger partial charge in [0.05, 0.1) is 17.8 Å². The summed E-state index contributed by atoms with van der Waals surface area (Å²) in [7, 11) is -4.01. The van der Waals surface area contributed by atoms with Crippen LogP contribution in [-0.4, -0.2) is 38.2 Å². The number of anilines is 1. The van der Waals surface area contributed by atoms with Crippen LogP contribution in [0.1, 0.15) is 53.3 Å². The highest BCUT2D eigenvalue weighted by molar-refractivity contribution is 6.74. The van der Waals surface area contributed by atoms with E-state index in [0.29, 0.717) is 23.0 Å². The molecule has 0 aliphatic rings. The predicted octanol–water partition coefficient (Wildman–Crippen LogP) is 6.59. The van der Waals surface area contributed by atoms with Crippen molar-refractivity contribution in [3.05, 3.63) is 35.1 Å². The van der Waals surface area contributed by atoms with Gasteiger partial charge in [0, 0.05) is 5.69 Å². The van der Waals surface area contributed by atoms with Gasteiger partial charge in [-0.2, -0.15) is 10.2 Å². The maximum absolute atomic E-state index is 6.76. The van der Waals surface area contributed by atoms with Gasteiger partial charge in [-0.1, -0.05) is 53.1 Å².